The highest BCUT2D eigenvalue weighted by molar-refractivity contribution is 5.31. The van der Waals surface area contributed by atoms with E-state index in [0.717, 1.165) is 12.8 Å². The van der Waals surface area contributed by atoms with Crippen LogP contribution in [0.15, 0.2) is 48.5 Å². The van der Waals surface area contributed by atoms with Gasteiger partial charge in [0.15, 0.2) is 0 Å². The normalized spacial score (nSPS) is 14.1. The van der Waals surface area contributed by atoms with Crippen molar-refractivity contribution in [3.05, 3.63) is 70.8 Å². The number of hydrogen-bond donors (Lipinski definition) is 1. The first-order valence-corrected chi connectivity index (χ1v) is 6.95. The molecule has 0 saturated carbocycles. The molecule has 1 unspecified atom stereocenters. The molecule has 0 bridgehead atoms. The number of benzene rings is 2. The van der Waals surface area contributed by atoms with Gasteiger partial charge in [-0.05, 0) is 43.4 Å². The zero-order chi connectivity index (χ0) is 13.9. The van der Waals surface area contributed by atoms with Crippen LogP contribution in [0.25, 0.3) is 0 Å². The number of aryl methyl sites for hydroxylation is 2. The molecular weight excluding hydrogens is 230 g/mol. The number of hydrogen-bond acceptors (Lipinski definition) is 1. The van der Waals surface area contributed by atoms with E-state index in [1.807, 2.05) is 0 Å². The second-order valence-corrected chi connectivity index (χ2v) is 5.63. The van der Waals surface area contributed by atoms with Crippen LogP contribution in [0.1, 0.15) is 36.1 Å². The van der Waals surface area contributed by atoms with Gasteiger partial charge in [0.05, 0.1) is 0 Å². The Morgan fingerprint density at radius 2 is 1.42 bits per heavy atom. The van der Waals surface area contributed by atoms with E-state index in [1.54, 1.807) is 0 Å². The molecular formula is C18H23N. The molecule has 0 fully saturated rings. The van der Waals surface area contributed by atoms with Crippen molar-refractivity contribution in [3.63, 3.8) is 0 Å². The van der Waals surface area contributed by atoms with E-state index >= 15 is 0 Å². The fraction of sp³-hybridized carbons (Fsp3) is 0.333. The summed E-state index contributed by atoms with van der Waals surface area (Å²) in [6, 6.07) is 17.3. The average Bonchev–Trinajstić information content (AvgIpc) is 2.40. The first-order chi connectivity index (χ1) is 9.01. The summed E-state index contributed by atoms with van der Waals surface area (Å²) in [4.78, 5) is 0. The van der Waals surface area contributed by atoms with Gasteiger partial charge in [0.25, 0.3) is 0 Å². The van der Waals surface area contributed by atoms with Gasteiger partial charge in [0, 0.05) is 5.54 Å². The predicted octanol–water partition coefficient (Wildman–Crippen LogP) is 3.97. The van der Waals surface area contributed by atoms with Crippen LogP contribution in [0.5, 0.6) is 0 Å². The van der Waals surface area contributed by atoms with Gasteiger partial charge in [-0.25, -0.2) is 0 Å². The van der Waals surface area contributed by atoms with E-state index in [-0.39, 0.29) is 5.54 Å². The molecule has 0 aliphatic heterocycles. The van der Waals surface area contributed by atoms with Gasteiger partial charge in [0.1, 0.15) is 0 Å². The zero-order valence-electron chi connectivity index (χ0n) is 12.1. The van der Waals surface area contributed by atoms with Crippen molar-refractivity contribution >= 4 is 0 Å². The number of nitrogens with two attached hydrogens (primary N) is 1. The summed E-state index contributed by atoms with van der Waals surface area (Å²) in [6.45, 7) is 6.38. The Morgan fingerprint density at radius 3 is 1.95 bits per heavy atom. The summed E-state index contributed by atoms with van der Waals surface area (Å²) in [6.07, 6.45) is 1.94. The zero-order valence-corrected chi connectivity index (χ0v) is 12.1. The average molecular weight is 253 g/mol. The molecule has 2 rings (SSSR count). The lowest BCUT2D eigenvalue weighted by Gasteiger charge is -2.25. The minimum atomic E-state index is -0.318. The van der Waals surface area contributed by atoms with E-state index in [0.29, 0.717) is 0 Å². The lowest BCUT2D eigenvalue weighted by atomic mass is 9.86. The maximum atomic E-state index is 6.49. The van der Waals surface area contributed by atoms with Crippen LogP contribution in [-0.2, 0) is 18.4 Å². The third kappa shape index (κ3) is 3.45. The molecule has 0 aromatic heterocycles. The number of rotatable bonds is 4. The van der Waals surface area contributed by atoms with Gasteiger partial charge in [0.2, 0.25) is 0 Å². The Hall–Kier alpha value is -1.60. The summed E-state index contributed by atoms with van der Waals surface area (Å²) in [5, 5.41) is 0. The summed E-state index contributed by atoms with van der Waals surface area (Å²) >= 11 is 0. The first-order valence-electron chi connectivity index (χ1n) is 6.95. The van der Waals surface area contributed by atoms with Crippen LogP contribution >= 0.6 is 0 Å². The van der Waals surface area contributed by atoms with E-state index in [1.165, 1.54) is 22.3 Å². The Labute approximate surface area is 116 Å². The Kier molecular flexibility index (Phi) is 4.06. The minimum absolute atomic E-state index is 0.318. The van der Waals surface area contributed by atoms with Gasteiger partial charge >= 0.3 is 0 Å². The highest BCUT2D eigenvalue weighted by atomic mass is 14.7. The van der Waals surface area contributed by atoms with Crippen LogP contribution in [-0.4, -0.2) is 0 Å². The fourth-order valence-corrected chi connectivity index (χ4v) is 2.35. The van der Waals surface area contributed by atoms with Gasteiger partial charge in [-0.3, -0.25) is 0 Å². The second kappa shape index (κ2) is 5.58. The van der Waals surface area contributed by atoms with Gasteiger partial charge in [-0.15, -0.1) is 0 Å². The highest BCUT2D eigenvalue weighted by Gasteiger charge is 2.21. The molecule has 0 spiro atoms. The monoisotopic (exact) mass is 253 g/mol. The van der Waals surface area contributed by atoms with Crippen molar-refractivity contribution in [2.75, 3.05) is 0 Å². The van der Waals surface area contributed by atoms with Crippen LogP contribution < -0.4 is 5.73 Å². The van der Waals surface area contributed by atoms with Crippen molar-refractivity contribution in [1.82, 2.24) is 0 Å². The molecule has 0 heterocycles. The summed E-state index contributed by atoms with van der Waals surface area (Å²) < 4.78 is 0. The molecule has 2 aromatic carbocycles. The van der Waals surface area contributed by atoms with Gasteiger partial charge in [-0.2, -0.15) is 0 Å². The van der Waals surface area contributed by atoms with Crippen LogP contribution in [0.3, 0.4) is 0 Å². The maximum absolute atomic E-state index is 6.49. The van der Waals surface area contributed by atoms with Crippen molar-refractivity contribution < 1.29 is 0 Å². The highest BCUT2D eigenvalue weighted by Crippen LogP contribution is 2.23. The van der Waals surface area contributed by atoms with Crippen molar-refractivity contribution in [2.24, 2.45) is 5.73 Å². The standard InChI is InChI=1S/C18H23N/c1-4-15-7-9-16(10-8-15)13-18(3,19)17-11-5-14(2)6-12-17/h5-12H,4,13,19H2,1-3H3. The Morgan fingerprint density at radius 1 is 0.895 bits per heavy atom. The third-order valence-electron chi connectivity index (χ3n) is 3.71. The van der Waals surface area contributed by atoms with E-state index < -0.39 is 0 Å². The van der Waals surface area contributed by atoms with E-state index in [2.05, 4.69) is 69.3 Å². The van der Waals surface area contributed by atoms with Gasteiger partial charge < -0.3 is 5.73 Å². The van der Waals surface area contributed by atoms with Crippen LogP contribution in [0, 0.1) is 6.92 Å². The van der Waals surface area contributed by atoms with E-state index in [4.69, 9.17) is 5.73 Å². The molecule has 100 valence electrons. The molecule has 1 nitrogen and oxygen atoms in total. The fourth-order valence-electron chi connectivity index (χ4n) is 2.35. The summed E-state index contributed by atoms with van der Waals surface area (Å²) in [5.74, 6) is 0. The molecule has 0 saturated heterocycles. The summed E-state index contributed by atoms with van der Waals surface area (Å²) in [5.41, 5.74) is 11.3. The Bertz CT molecular complexity index is 521. The van der Waals surface area contributed by atoms with E-state index in [9.17, 15) is 0 Å². The molecule has 2 N–H and O–H groups in total. The SMILES string of the molecule is CCc1ccc(CC(C)(N)c2ccc(C)cc2)cc1. The topological polar surface area (TPSA) is 26.0 Å². The van der Waals surface area contributed by atoms with Crippen molar-refractivity contribution in [3.8, 4) is 0 Å². The molecule has 1 atom stereocenters. The van der Waals surface area contributed by atoms with Crippen molar-refractivity contribution in [1.29, 1.82) is 0 Å². The van der Waals surface area contributed by atoms with Crippen LogP contribution in [0.4, 0.5) is 0 Å². The van der Waals surface area contributed by atoms with Crippen LogP contribution in [0.2, 0.25) is 0 Å². The molecule has 0 aliphatic rings. The molecule has 1 heteroatoms. The predicted molar refractivity (Wildman–Crippen MR) is 82.2 cm³/mol. The largest absolute Gasteiger partial charge is 0.321 e. The molecule has 19 heavy (non-hydrogen) atoms. The molecule has 2 aromatic rings. The minimum Gasteiger partial charge on any atom is -0.321 e. The smallest absolute Gasteiger partial charge is 0.0421 e. The lowest BCUT2D eigenvalue weighted by Crippen LogP contribution is -2.35. The maximum Gasteiger partial charge on any atom is 0.0421 e. The molecule has 0 amide bonds. The Balaban J connectivity index is 2.17. The third-order valence-corrected chi connectivity index (χ3v) is 3.71. The second-order valence-electron chi connectivity index (χ2n) is 5.63. The quantitative estimate of drug-likeness (QED) is 0.876. The first kappa shape index (κ1) is 13.8. The summed E-state index contributed by atoms with van der Waals surface area (Å²) in [7, 11) is 0. The van der Waals surface area contributed by atoms with Crippen molar-refractivity contribution in [2.45, 2.75) is 39.2 Å². The lowest BCUT2D eigenvalue weighted by molar-refractivity contribution is 0.491. The van der Waals surface area contributed by atoms with Gasteiger partial charge in [-0.1, -0.05) is 61.0 Å². The molecule has 0 aliphatic carbocycles. The molecule has 0 radical (unpaired) electrons.